The monoisotopic (exact) mass is 170 g/mol. The normalized spacial score (nSPS) is 20.0. The number of carboxylic acids is 1. The van der Waals surface area contributed by atoms with Gasteiger partial charge in [-0.2, -0.15) is 0 Å². The highest BCUT2D eigenvalue weighted by molar-refractivity contribution is 5.79. The van der Waals surface area contributed by atoms with Gasteiger partial charge in [-0.3, -0.25) is 0 Å². The van der Waals surface area contributed by atoms with Crippen molar-refractivity contribution in [3.8, 4) is 0 Å². The number of aliphatic carboxylic acids is 1. The Bertz CT molecular complexity index is 169. The highest BCUT2D eigenvalue weighted by atomic mass is 16.5. The average molecular weight is 170 g/mol. The molecule has 1 rings (SSSR count). The molecule has 1 N–H and O–H groups in total. The minimum Gasteiger partial charge on any atom is -0.478 e. The van der Waals surface area contributed by atoms with Crippen molar-refractivity contribution in [1.82, 2.24) is 0 Å². The molecule has 3 nitrogen and oxygen atoms in total. The molecule has 0 radical (unpaired) electrons. The lowest BCUT2D eigenvalue weighted by Gasteiger charge is -2.20. The van der Waals surface area contributed by atoms with Crippen molar-refractivity contribution in [2.45, 2.75) is 19.3 Å². The van der Waals surface area contributed by atoms with Crippen LogP contribution in [0.4, 0.5) is 0 Å². The third-order valence-electron chi connectivity index (χ3n) is 2.07. The van der Waals surface area contributed by atoms with Crippen LogP contribution in [0, 0.1) is 5.92 Å². The first-order valence-corrected chi connectivity index (χ1v) is 4.26. The van der Waals surface area contributed by atoms with Crippen LogP contribution in [-0.4, -0.2) is 24.3 Å². The van der Waals surface area contributed by atoms with Crippen molar-refractivity contribution in [3.05, 3.63) is 12.2 Å². The van der Waals surface area contributed by atoms with Crippen LogP contribution in [0.3, 0.4) is 0 Å². The van der Waals surface area contributed by atoms with Crippen LogP contribution in [-0.2, 0) is 9.53 Å². The van der Waals surface area contributed by atoms with Crippen molar-refractivity contribution in [1.29, 1.82) is 0 Å². The minimum absolute atomic E-state index is 0.620. The summed E-state index contributed by atoms with van der Waals surface area (Å²) in [5.41, 5.74) is 0. The SMILES string of the molecule is O=C(O)/C=C\CC1CCOCC1. The molecule has 68 valence electrons. The number of hydrogen-bond donors (Lipinski definition) is 1. The van der Waals surface area contributed by atoms with Crippen molar-refractivity contribution in [2.75, 3.05) is 13.2 Å². The van der Waals surface area contributed by atoms with E-state index in [0.717, 1.165) is 32.5 Å². The smallest absolute Gasteiger partial charge is 0.327 e. The van der Waals surface area contributed by atoms with Gasteiger partial charge in [0.1, 0.15) is 0 Å². The molecule has 0 spiro atoms. The van der Waals surface area contributed by atoms with Gasteiger partial charge in [0.2, 0.25) is 0 Å². The fraction of sp³-hybridized carbons (Fsp3) is 0.667. The standard InChI is InChI=1S/C9H14O3/c10-9(11)3-1-2-8-4-6-12-7-5-8/h1,3,8H,2,4-7H2,(H,10,11)/b3-1-. The lowest BCUT2D eigenvalue weighted by molar-refractivity contribution is -0.131. The zero-order valence-corrected chi connectivity index (χ0v) is 7.03. The highest BCUT2D eigenvalue weighted by Gasteiger charge is 2.11. The summed E-state index contributed by atoms with van der Waals surface area (Å²) in [5, 5.41) is 8.33. The summed E-state index contributed by atoms with van der Waals surface area (Å²) in [6.45, 7) is 1.65. The van der Waals surface area contributed by atoms with Gasteiger partial charge in [0.15, 0.2) is 0 Å². The van der Waals surface area contributed by atoms with Gasteiger partial charge in [-0.05, 0) is 25.2 Å². The molecule has 0 amide bonds. The molecule has 1 saturated heterocycles. The minimum atomic E-state index is -0.859. The third kappa shape index (κ3) is 3.53. The molecule has 0 saturated carbocycles. The zero-order chi connectivity index (χ0) is 8.81. The number of rotatable bonds is 3. The number of hydrogen-bond acceptors (Lipinski definition) is 2. The lowest BCUT2D eigenvalue weighted by atomic mass is 9.96. The predicted molar refractivity (Wildman–Crippen MR) is 44.9 cm³/mol. The van der Waals surface area contributed by atoms with Crippen molar-refractivity contribution < 1.29 is 14.6 Å². The Morgan fingerprint density at radius 2 is 2.17 bits per heavy atom. The average Bonchev–Trinajstić information content (AvgIpc) is 2.05. The quantitative estimate of drug-likeness (QED) is 0.652. The zero-order valence-electron chi connectivity index (χ0n) is 7.03. The molecule has 1 aliphatic heterocycles. The highest BCUT2D eigenvalue weighted by Crippen LogP contribution is 2.18. The second kappa shape index (κ2) is 4.93. The van der Waals surface area contributed by atoms with E-state index in [9.17, 15) is 4.79 Å². The van der Waals surface area contributed by atoms with Crippen LogP contribution >= 0.6 is 0 Å². The number of allylic oxidation sites excluding steroid dienone is 1. The maximum Gasteiger partial charge on any atom is 0.327 e. The first kappa shape index (κ1) is 9.26. The van der Waals surface area contributed by atoms with Gasteiger partial charge in [-0.15, -0.1) is 0 Å². The molecule has 0 unspecified atom stereocenters. The van der Waals surface area contributed by atoms with Crippen LogP contribution in [0.5, 0.6) is 0 Å². The molecule has 1 aliphatic rings. The molecular weight excluding hydrogens is 156 g/mol. The molecule has 12 heavy (non-hydrogen) atoms. The van der Waals surface area contributed by atoms with Gasteiger partial charge in [0, 0.05) is 19.3 Å². The van der Waals surface area contributed by atoms with Crippen LogP contribution in [0.25, 0.3) is 0 Å². The lowest BCUT2D eigenvalue weighted by Crippen LogP contribution is -2.14. The van der Waals surface area contributed by atoms with E-state index in [1.54, 1.807) is 6.08 Å². The molecule has 0 aromatic carbocycles. The molecule has 1 fully saturated rings. The van der Waals surface area contributed by atoms with Crippen molar-refractivity contribution >= 4 is 5.97 Å². The second-order valence-electron chi connectivity index (χ2n) is 3.03. The second-order valence-corrected chi connectivity index (χ2v) is 3.03. The van der Waals surface area contributed by atoms with E-state index in [1.165, 1.54) is 6.08 Å². The van der Waals surface area contributed by atoms with Crippen molar-refractivity contribution in [3.63, 3.8) is 0 Å². The fourth-order valence-electron chi connectivity index (χ4n) is 1.34. The van der Waals surface area contributed by atoms with Crippen LogP contribution in [0.2, 0.25) is 0 Å². The van der Waals surface area contributed by atoms with Gasteiger partial charge >= 0.3 is 5.97 Å². The molecule has 3 heteroatoms. The fourth-order valence-corrected chi connectivity index (χ4v) is 1.34. The molecule has 0 aliphatic carbocycles. The van der Waals surface area contributed by atoms with Gasteiger partial charge in [0.25, 0.3) is 0 Å². The van der Waals surface area contributed by atoms with Crippen LogP contribution in [0.15, 0.2) is 12.2 Å². The van der Waals surface area contributed by atoms with E-state index in [-0.39, 0.29) is 0 Å². The van der Waals surface area contributed by atoms with Crippen LogP contribution < -0.4 is 0 Å². The Morgan fingerprint density at radius 3 is 2.75 bits per heavy atom. The van der Waals surface area contributed by atoms with E-state index in [2.05, 4.69) is 0 Å². The summed E-state index contributed by atoms with van der Waals surface area (Å²) >= 11 is 0. The largest absolute Gasteiger partial charge is 0.478 e. The van der Waals surface area contributed by atoms with Crippen molar-refractivity contribution in [2.24, 2.45) is 5.92 Å². The summed E-state index contributed by atoms with van der Waals surface area (Å²) < 4.78 is 5.19. The molecule has 1 heterocycles. The number of carboxylic acid groups (broad SMARTS) is 1. The number of carbonyl (C=O) groups is 1. The molecule has 0 bridgehead atoms. The molecule has 0 aromatic heterocycles. The van der Waals surface area contributed by atoms with E-state index in [0.29, 0.717) is 5.92 Å². The summed E-state index contributed by atoms with van der Waals surface area (Å²) in [6, 6.07) is 0. The summed E-state index contributed by atoms with van der Waals surface area (Å²) in [7, 11) is 0. The summed E-state index contributed by atoms with van der Waals surface area (Å²) in [6.07, 6.45) is 5.94. The van der Waals surface area contributed by atoms with Crippen LogP contribution in [0.1, 0.15) is 19.3 Å². The van der Waals surface area contributed by atoms with Gasteiger partial charge in [0.05, 0.1) is 0 Å². The van der Waals surface area contributed by atoms with E-state index < -0.39 is 5.97 Å². The Hall–Kier alpha value is -0.830. The first-order valence-electron chi connectivity index (χ1n) is 4.26. The molecular formula is C9H14O3. The third-order valence-corrected chi connectivity index (χ3v) is 2.07. The maximum atomic E-state index is 10.1. The Morgan fingerprint density at radius 1 is 1.50 bits per heavy atom. The van der Waals surface area contributed by atoms with Gasteiger partial charge in [-0.25, -0.2) is 4.79 Å². The Kier molecular flexibility index (Phi) is 3.80. The summed E-state index contributed by atoms with van der Waals surface area (Å²) in [4.78, 5) is 10.1. The molecule has 0 aromatic rings. The summed E-state index contributed by atoms with van der Waals surface area (Å²) in [5.74, 6) is -0.239. The number of ether oxygens (including phenoxy) is 1. The topological polar surface area (TPSA) is 46.5 Å². The predicted octanol–water partition coefficient (Wildman–Crippen LogP) is 1.44. The van der Waals surface area contributed by atoms with E-state index in [1.807, 2.05) is 0 Å². The maximum absolute atomic E-state index is 10.1. The van der Waals surface area contributed by atoms with E-state index in [4.69, 9.17) is 9.84 Å². The Labute approximate surface area is 72.0 Å². The van der Waals surface area contributed by atoms with E-state index >= 15 is 0 Å². The first-order chi connectivity index (χ1) is 5.79. The van der Waals surface area contributed by atoms with Gasteiger partial charge in [-0.1, -0.05) is 6.08 Å². The Balaban J connectivity index is 2.17. The molecule has 0 atom stereocenters. The van der Waals surface area contributed by atoms with Gasteiger partial charge < -0.3 is 9.84 Å².